The molecule has 0 amide bonds. The number of fused-ring (bicyclic) bond motifs is 1. The van der Waals surface area contributed by atoms with E-state index < -0.39 is 0 Å². The van der Waals surface area contributed by atoms with E-state index in [1.54, 1.807) is 7.11 Å². The molecule has 120 valence electrons. The van der Waals surface area contributed by atoms with Gasteiger partial charge in [0, 0.05) is 12.0 Å². The average molecular weight is 311 g/mol. The molecule has 0 fully saturated rings. The number of nitrogens with zero attached hydrogens (tertiary/aromatic N) is 4. The zero-order valence-electron chi connectivity index (χ0n) is 13.9. The Kier molecular flexibility index (Phi) is 3.67. The minimum atomic E-state index is -0.196. The highest BCUT2D eigenvalue weighted by Gasteiger charge is 2.23. The predicted octanol–water partition coefficient (Wildman–Crippen LogP) is 2.76. The van der Waals surface area contributed by atoms with E-state index in [-0.39, 0.29) is 5.54 Å². The molecule has 1 aromatic carbocycles. The maximum absolute atomic E-state index is 6.10. The normalized spacial score (nSPS) is 11.8. The highest BCUT2D eigenvalue weighted by Crippen LogP contribution is 2.29. The van der Waals surface area contributed by atoms with Crippen molar-refractivity contribution >= 4 is 16.9 Å². The van der Waals surface area contributed by atoms with Gasteiger partial charge in [0.05, 0.1) is 23.7 Å². The summed E-state index contributed by atoms with van der Waals surface area (Å²) in [6.07, 6.45) is 2.09. The van der Waals surface area contributed by atoms with Crippen molar-refractivity contribution in [2.24, 2.45) is 0 Å². The van der Waals surface area contributed by atoms with E-state index in [1.165, 1.54) is 6.33 Å². The summed E-state index contributed by atoms with van der Waals surface area (Å²) in [6, 6.07) is 7.91. The van der Waals surface area contributed by atoms with E-state index in [1.807, 2.05) is 28.9 Å². The quantitative estimate of drug-likeness (QED) is 0.804. The maximum atomic E-state index is 6.10. The van der Waals surface area contributed by atoms with Crippen LogP contribution in [0.3, 0.4) is 0 Å². The molecule has 2 heterocycles. The van der Waals surface area contributed by atoms with Gasteiger partial charge in [-0.15, -0.1) is 0 Å². The Morgan fingerprint density at radius 1 is 1.17 bits per heavy atom. The van der Waals surface area contributed by atoms with Crippen LogP contribution in [0.25, 0.3) is 11.0 Å². The van der Waals surface area contributed by atoms with Gasteiger partial charge in [0.15, 0.2) is 5.65 Å². The molecule has 6 heteroatoms. The van der Waals surface area contributed by atoms with Crippen LogP contribution in [0.5, 0.6) is 5.75 Å². The van der Waals surface area contributed by atoms with Gasteiger partial charge in [-0.3, -0.25) is 0 Å². The molecule has 0 saturated heterocycles. The Hall–Kier alpha value is -2.63. The lowest BCUT2D eigenvalue weighted by Gasteiger charge is -2.19. The first-order valence-electron chi connectivity index (χ1n) is 7.52. The first-order valence-corrected chi connectivity index (χ1v) is 7.52. The standard InChI is InChI=1S/C17H21N5O/c1-17(2,3)22-16-14(15(18)19-10-20-16)12(21-22)9-11-7-5-6-8-13(11)23-4/h5-8,10H,9H2,1-4H3,(H2,18,19,20). The van der Waals surface area contributed by atoms with Crippen LogP contribution >= 0.6 is 0 Å². The summed E-state index contributed by atoms with van der Waals surface area (Å²) in [4.78, 5) is 8.52. The number of aromatic nitrogens is 4. The number of anilines is 1. The second-order valence-corrected chi connectivity index (χ2v) is 6.48. The van der Waals surface area contributed by atoms with E-state index in [4.69, 9.17) is 15.6 Å². The van der Waals surface area contributed by atoms with Crippen molar-refractivity contribution in [3.05, 3.63) is 41.9 Å². The summed E-state index contributed by atoms with van der Waals surface area (Å²) >= 11 is 0. The van der Waals surface area contributed by atoms with Crippen LogP contribution in [-0.4, -0.2) is 26.9 Å². The van der Waals surface area contributed by atoms with Crippen molar-refractivity contribution in [1.29, 1.82) is 0 Å². The highest BCUT2D eigenvalue weighted by molar-refractivity contribution is 5.88. The number of rotatable bonds is 3. The zero-order valence-corrected chi connectivity index (χ0v) is 13.9. The lowest BCUT2D eigenvalue weighted by atomic mass is 10.1. The van der Waals surface area contributed by atoms with Crippen LogP contribution in [-0.2, 0) is 12.0 Å². The van der Waals surface area contributed by atoms with Crippen LogP contribution < -0.4 is 10.5 Å². The van der Waals surface area contributed by atoms with E-state index >= 15 is 0 Å². The summed E-state index contributed by atoms with van der Waals surface area (Å²) in [5.41, 5.74) is 8.58. The van der Waals surface area contributed by atoms with Gasteiger partial charge < -0.3 is 10.5 Å². The second-order valence-electron chi connectivity index (χ2n) is 6.48. The number of methoxy groups -OCH3 is 1. The van der Waals surface area contributed by atoms with Gasteiger partial charge >= 0.3 is 0 Å². The molecule has 0 bridgehead atoms. The zero-order chi connectivity index (χ0) is 16.6. The third kappa shape index (κ3) is 2.72. The summed E-state index contributed by atoms with van der Waals surface area (Å²) < 4.78 is 7.34. The molecule has 0 aliphatic rings. The van der Waals surface area contributed by atoms with Crippen molar-refractivity contribution in [3.8, 4) is 5.75 Å². The van der Waals surface area contributed by atoms with Crippen molar-refractivity contribution in [1.82, 2.24) is 19.7 Å². The molecule has 0 saturated carbocycles. The molecule has 2 N–H and O–H groups in total. The van der Waals surface area contributed by atoms with Gasteiger partial charge in [0.2, 0.25) is 0 Å². The lowest BCUT2D eigenvalue weighted by Crippen LogP contribution is -2.23. The van der Waals surface area contributed by atoms with Crippen molar-refractivity contribution < 1.29 is 4.74 Å². The van der Waals surface area contributed by atoms with Crippen LogP contribution in [0, 0.1) is 0 Å². The molecule has 6 nitrogen and oxygen atoms in total. The molecule has 3 aromatic rings. The van der Waals surface area contributed by atoms with Crippen molar-refractivity contribution in [2.75, 3.05) is 12.8 Å². The summed E-state index contributed by atoms with van der Waals surface area (Å²) in [5.74, 6) is 1.29. The average Bonchev–Trinajstić information content (AvgIpc) is 2.88. The van der Waals surface area contributed by atoms with Gasteiger partial charge in [-0.2, -0.15) is 5.10 Å². The third-order valence-electron chi connectivity index (χ3n) is 3.75. The van der Waals surface area contributed by atoms with Crippen molar-refractivity contribution in [3.63, 3.8) is 0 Å². The van der Waals surface area contributed by atoms with Crippen molar-refractivity contribution in [2.45, 2.75) is 32.7 Å². The first-order chi connectivity index (χ1) is 10.9. The molecule has 0 atom stereocenters. The Morgan fingerprint density at radius 2 is 1.91 bits per heavy atom. The van der Waals surface area contributed by atoms with Gasteiger partial charge in [0.25, 0.3) is 0 Å². The molecule has 2 aromatic heterocycles. The first kappa shape index (κ1) is 15.3. The smallest absolute Gasteiger partial charge is 0.164 e. The summed E-state index contributed by atoms with van der Waals surface area (Å²) in [6.45, 7) is 6.26. The maximum Gasteiger partial charge on any atom is 0.164 e. The minimum absolute atomic E-state index is 0.196. The van der Waals surface area contributed by atoms with E-state index in [9.17, 15) is 0 Å². The predicted molar refractivity (Wildman–Crippen MR) is 90.5 cm³/mol. The monoisotopic (exact) mass is 311 g/mol. The van der Waals surface area contributed by atoms with Gasteiger partial charge in [-0.05, 0) is 26.8 Å². The second kappa shape index (κ2) is 5.53. The Labute approximate surface area is 135 Å². The number of hydrogen-bond donors (Lipinski definition) is 1. The fourth-order valence-electron chi connectivity index (χ4n) is 2.67. The Morgan fingerprint density at radius 3 is 2.61 bits per heavy atom. The molecule has 3 rings (SSSR count). The molecular formula is C17H21N5O. The van der Waals surface area contributed by atoms with Crippen LogP contribution in [0.15, 0.2) is 30.6 Å². The number of nitrogens with two attached hydrogens (primary N) is 1. The van der Waals surface area contributed by atoms with Crippen LogP contribution in [0.2, 0.25) is 0 Å². The number of ether oxygens (including phenoxy) is 1. The Bertz CT molecular complexity index is 848. The number of nitrogen functional groups attached to an aromatic ring is 1. The molecule has 23 heavy (non-hydrogen) atoms. The molecule has 0 aliphatic heterocycles. The van der Waals surface area contributed by atoms with Gasteiger partial charge in [-0.1, -0.05) is 18.2 Å². The molecule has 0 unspecified atom stereocenters. The minimum Gasteiger partial charge on any atom is -0.496 e. The number of hydrogen-bond acceptors (Lipinski definition) is 5. The SMILES string of the molecule is COc1ccccc1Cc1nn(C(C)(C)C)c2ncnc(N)c12. The van der Waals surface area contributed by atoms with Gasteiger partial charge in [0.1, 0.15) is 17.9 Å². The molecule has 0 aliphatic carbocycles. The summed E-state index contributed by atoms with van der Waals surface area (Å²) in [5, 5.41) is 5.58. The van der Waals surface area contributed by atoms with E-state index in [2.05, 4.69) is 30.7 Å². The van der Waals surface area contributed by atoms with Crippen LogP contribution in [0.1, 0.15) is 32.0 Å². The fraction of sp³-hybridized carbons (Fsp3) is 0.353. The highest BCUT2D eigenvalue weighted by atomic mass is 16.5. The topological polar surface area (TPSA) is 78.8 Å². The van der Waals surface area contributed by atoms with Crippen LogP contribution in [0.4, 0.5) is 5.82 Å². The third-order valence-corrected chi connectivity index (χ3v) is 3.75. The Balaban J connectivity index is 2.18. The molecular weight excluding hydrogens is 290 g/mol. The molecule has 0 spiro atoms. The fourth-order valence-corrected chi connectivity index (χ4v) is 2.67. The van der Waals surface area contributed by atoms with Gasteiger partial charge in [-0.25, -0.2) is 14.6 Å². The molecule has 0 radical (unpaired) electrons. The lowest BCUT2D eigenvalue weighted by molar-refractivity contribution is 0.363. The van der Waals surface area contributed by atoms with E-state index in [0.29, 0.717) is 12.2 Å². The summed E-state index contributed by atoms with van der Waals surface area (Å²) in [7, 11) is 1.67. The largest absolute Gasteiger partial charge is 0.496 e. The number of benzene rings is 1. The number of para-hydroxylation sites is 1. The van der Waals surface area contributed by atoms with E-state index in [0.717, 1.165) is 28.0 Å².